The molecule has 0 bridgehead atoms. The van der Waals surface area contributed by atoms with E-state index in [1.165, 1.54) is 23.4 Å². The van der Waals surface area contributed by atoms with Crippen LogP contribution in [0.3, 0.4) is 0 Å². The number of amides is 1. The fourth-order valence-corrected chi connectivity index (χ4v) is 4.17. The van der Waals surface area contributed by atoms with Crippen LogP contribution >= 0.6 is 11.6 Å². The van der Waals surface area contributed by atoms with Crippen molar-refractivity contribution in [1.29, 1.82) is 0 Å². The lowest BCUT2D eigenvalue weighted by atomic mass is 10.3. The fourth-order valence-electron chi connectivity index (χ4n) is 2.32. The molecule has 1 aromatic carbocycles. The van der Waals surface area contributed by atoms with Crippen molar-refractivity contribution in [1.82, 2.24) is 9.21 Å². The molecule has 1 saturated heterocycles. The van der Waals surface area contributed by atoms with Crippen LogP contribution < -0.4 is 5.73 Å². The van der Waals surface area contributed by atoms with E-state index in [1.807, 2.05) is 0 Å². The van der Waals surface area contributed by atoms with Gasteiger partial charge in [-0.3, -0.25) is 4.79 Å². The quantitative estimate of drug-likeness (QED) is 0.824. The standard InChI is InChI=1S/C13H18ClN3O3S/c1-10(18)16-5-2-6-17(8-7-16)21(19,20)13-9-11(14)3-4-12(13)15/h3-4,9H,2,5-8,15H2,1H3. The number of hydrogen-bond acceptors (Lipinski definition) is 4. The van der Waals surface area contributed by atoms with E-state index in [4.69, 9.17) is 17.3 Å². The van der Waals surface area contributed by atoms with E-state index in [0.717, 1.165) is 0 Å². The number of carbonyl (C=O) groups is 1. The molecule has 1 aliphatic heterocycles. The Kier molecular flexibility index (Phi) is 4.75. The highest BCUT2D eigenvalue weighted by atomic mass is 35.5. The number of rotatable bonds is 2. The highest BCUT2D eigenvalue weighted by Crippen LogP contribution is 2.26. The minimum absolute atomic E-state index is 0.0197. The van der Waals surface area contributed by atoms with Crippen molar-refractivity contribution in [2.75, 3.05) is 31.9 Å². The summed E-state index contributed by atoms with van der Waals surface area (Å²) in [5.41, 5.74) is 5.94. The van der Waals surface area contributed by atoms with Gasteiger partial charge in [-0.25, -0.2) is 8.42 Å². The van der Waals surface area contributed by atoms with Crippen molar-refractivity contribution in [3.05, 3.63) is 23.2 Å². The topological polar surface area (TPSA) is 83.7 Å². The van der Waals surface area contributed by atoms with Crippen LogP contribution in [-0.4, -0.2) is 49.7 Å². The van der Waals surface area contributed by atoms with Crippen LogP contribution in [0.2, 0.25) is 5.02 Å². The van der Waals surface area contributed by atoms with Crippen LogP contribution in [0.15, 0.2) is 23.1 Å². The molecule has 1 aromatic rings. The Morgan fingerprint density at radius 2 is 1.95 bits per heavy atom. The van der Waals surface area contributed by atoms with E-state index in [9.17, 15) is 13.2 Å². The van der Waals surface area contributed by atoms with Crippen molar-refractivity contribution in [2.45, 2.75) is 18.2 Å². The van der Waals surface area contributed by atoms with Crippen LogP contribution in [0.5, 0.6) is 0 Å². The second-order valence-corrected chi connectivity index (χ2v) is 7.29. The summed E-state index contributed by atoms with van der Waals surface area (Å²) in [6.07, 6.45) is 0.597. The number of halogens is 1. The average molecular weight is 332 g/mol. The predicted molar refractivity (Wildman–Crippen MR) is 81.5 cm³/mol. The van der Waals surface area contributed by atoms with E-state index in [-0.39, 0.29) is 23.0 Å². The van der Waals surface area contributed by atoms with Gasteiger partial charge >= 0.3 is 0 Å². The monoisotopic (exact) mass is 331 g/mol. The molecule has 6 nitrogen and oxygen atoms in total. The average Bonchev–Trinajstić information content (AvgIpc) is 2.67. The Morgan fingerprint density at radius 3 is 2.62 bits per heavy atom. The Morgan fingerprint density at radius 1 is 1.24 bits per heavy atom. The zero-order valence-electron chi connectivity index (χ0n) is 11.8. The third kappa shape index (κ3) is 3.48. The Labute approximate surface area is 129 Å². The largest absolute Gasteiger partial charge is 0.398 e. The minimum Gasteiger partial charge on any atom is -0.398 e. The summed E-state index contributed by atoms with van der Waals surface area (Å²) in [5, 5.41) is 0.322. The molecule has 0 saturated carbocycles. The van der Waals surface area contributed by atoms with Crippen molar-refractivity contribution < 1.29 is 13.2 Å². The third-order valence-electron chi connectivity index (χ3n) is 3.49. The van der Waals surface area contributed by atoms with Gasteiger partial charge in [-0.15, -0.1) is 0 Å². The Bertz CT molecular complexity index is 648. The number of nitrogen functional groups attached to an aromatic ring is 1. The first-order valence-corrected chi connectivity index (χ1v) is 8.45. The molecule has 116 valence electrons. The van der Waals surface area contributed by atoms with Crippen molar-refractivity contribution in [3.8, 4) is 0 Å². The molecular weight excluding hydrogens is 314 g/mol. The zero-order chi connectivity index (χ0) is 15.6. The fraction of sp³-hybridized carbons (Fsp3) is 0.462. The highest BCUT2D eigenvalue weighted by Gasteiger charge is 2.29. The summed E-state index contributed by atoms with van der Waals surface area (Å²) >= 11 is 5.87. The lowest BCUT2D eigenvalue weighted by Crippen LogP contribution is -2.36. The number of benzene rings is 1. The molecule has 1 aliphatic rings. The van der Waals surface area contributed by atoms with Crippen LogP contribution in [0.25, 0.3) is 0 Å². The summed E-state index contributed by atoms with van der Waals surface area (Å²) in [6, 6.07) is 4.39. The molecular formula is C13H18ClN3O3S. The summed E-state index contributed by atoms with van der Waals surface area (Å²) in [4.78, 5) is 13.1. The highest BCUT2D eigenvalue weighted by molar-refractivity contribution is 7.89. The molecule has 1 heterocycles. The van der Waals surface area contributed by atoms with Gasteiger partial charge in [-0.05, 0) is 24.6 Å². The van der Waals surface area contributed by atoms with Gasteiger partial charge in [-0.2, -0.15) is 4.31 Å². The molecule has 1 amide bonds. The summed E-state index contributed by atoms with van der Waals surface area (Å²) in [5.74, 6) is -0.0449. The molecule has 0 aliphatic carbocycles. The van der Waals surface area contributed by atoms with Gasteiger partial charge < -0.3 is 10.6 Å². The van der Waals surface area contributed by atoms with Gasteiger partial charge in [0.25, 0.3) is 0 Å². The van der Waals surface area contributed by atoms with Crippen molar-refractivity contribution in [2.24, 2.45) is 0 Å². The van der Waals surface area contributed by atoms with Gasteiger partial charge in [0, 0.05) is 38.1 Å². The maximum atomic E-state index is 12.7. The number of sulfonamides is 1. The van der Waals surface area contributed by atoms with Gasteiger partial charge in [0.15, 0.2) is 0 Å². The summed E-state index contributed by atoms with van der Waals surface area (Å²) < 4.78 is 26.7. The van der Waals surface area contributed by atoms with Gasteiger partial charge in [0.1, 0.15) is 4.90 Å². The van der Waals surface area contributed by atoms with Gasteiger partial charge in [-0.1, -0.05) is 11.6 Å². The zero-order valence-corrected chi connectivity index (χ0v) is 13.3. The second-order valence-electron chi connectivity index (χ2n) is 4.95. The minimum atomic E-state index is -3.70. The van der Waals surface area contributed by atoms with E-state index >= 15 is 0 Å². The van der Waals surface area contributed by atoms with Gasteiger partial charge in [0.05, 0.1) is 5.69 Å². The number of nitrogens with two attached hydrogens (primary N) is 1. The molecule has 2 N–H and O–H groups in total. The molecule has 0 unspecified atom stereocenters. The van der Waals surface area contributed by atoms with E-state index in [1.54, 1.807) is 11.0 Å². The Hall–Kier alpha value is -1.31. The lowest BCUT2D eigenvalue weighted by molar-refractivity contribution is -0.128. The molecule has 8 heteroatoms. The number of anilines is 1. The van der Waals surface area contributed by atoms with Gasteiger partial charge in [0.2, 0.25) is 15.9 Å². The van der Waals surface area contributed by atoms with Crippen LogP contribution in [0.4, 0.5) is 5.69 Å². The molecule has 2 rings (SSSR count). The first kappa shape index (κ1) is 16.1. The second kappa shape index (κ2) is 6.21. The molecule has 21 heavy (non-hydrogen) atoms. The first-order chi connectivity index (χ1) is 9.82. The molecule has 0 spiro atoms. The lowest BCUT2D eigenvalue weighted by Gasteiger charge is -2.21. The molecule has 0 radical (unpaired) electrons. The van der Waals surface area contributed by atoms with Crippen LogP contribution in [-0.2, 0) is 14.8 Å². The molecule has 1 fully saturated rings. The van der Waals surface area contributed by atoms with E-state index in [0.29, 0.717) is 31.1 Å². The van der Waals surface area contributed by atoms with Crippen molar-refractivity contribution >= 4 is 33.2 Å². The van der Waals surface area contributed by atoms with E-state index in [2.05, 4.69) is 0 Å². The van der Waals surface area contributed by atoms with Crippen LogP contribution in [0.1, 0.15) is 13.3 Å². The predicted octanol–water partition coefficient (Wildman–Crippen LogP) is 1.17. The van der Waals surface area contributed by atoms with E-state index < -0.39 is 10.0 Å². The maximum absolute atomic E-state index is 12.7. The molecule has 0 aromatic heterocycles. The number of nitrogens with zero attached hydrogens (tertiary/aromatic N) is 2. The van der Waals surface area contributed by atoms with Crippen LogP contribution in [0, 0.1) is 0 Å². The number of hydrogen-bond donors (Lipinski definition) is 1. The smallest absolute Gasteiger partial charge is 0.245 e. The summed E-state index contributed by atoms with van der Waals surface area (Å²) in [7, 11) is -3.70. The first-order valence-electron chi connectivity index (χ1n) is 6.63. The third-order valence-corrected chi connectivity index (χ3v) is 5.68. The maximum Gasteiger partial charge on any atom is 0.245 e. The number of carbonyl (C=O) groups excluding carboxylic acids is 1. The normalized spacial score (nSPS) is 17.5. The summed E-state index contributed by atoms with van der Waals surface area (Å²) in [6.45, 7) is 3.05. The molecule has 0 atom stereocenters. The van der Waals surface area contributed by atoms with Crippen molar-refractivity contribution in [3.63, 3.8) is 0 Å². The SMILES string of the molecule is CC(=O)N1CCCN(S(=O)(=O)c2cc(Cl)ccc2N)CC1. The Balaban J connectivity index is 2.27.